The number of non-ortho nitro benzene ring substituents is 1. The van der Waals surface area contributed by atoms with E-state index in [4.69, 9.17) is 0 Å². The number of nitro groups is 1. The lowest BCUT2D eigenvalue weighted by atomic mass is 9.90. The maximum Gasteiger partial charge on any atom is 0.270 e. The quantitative estimate of drug-likeness (QED) is 0.613. The summed E-state index contributed by atoms with van der Waals surface area (Å²) in [6.45, 7) is 0.744. The van der Waals surface area contributed by atoms with Gasteiger partial charge in [-0.05, 0) is 18.9 Å². The molecule has 1 saturated carbocycles. The van der Waals surface area contributed by atoms with Crippen molar-refractivity contribution < 1.29 is 9.72 Å². The zero-order valence-electron chi connectivity index (χ0n) is 11.4. The van der Waals surface area contributed by atoms with E-state index in [1.807, 2.05) is 0 Å². The van der Waals surface area contributed by atoms with Crippen LogP contribution in [0.15, 0.2) is 18.2 Å². The van der Waals surface area contributed by atoms with Crippen molar-refractivity contribution in [1.29, 1.82) is 0 Å². The summed E-state index contributed by atoms with van der Waals surface area (Å²) < 4.78 is 0. The highest BCUT2D eigenvalue weighted by molar-refractivity contribution is 6.04. The minimum absolute atomic E-state index is 0.00240. The summed E-state index contributed by atoms with van der Waals surface area (Å²) in [5, 5.41) is 10.9. The molecule has 0 saturated heterocycles. The lowest BCUT2D eigenvalue weighted by Gasteiger charge is -2.39. The van der Waals surface area contributed by atoms with Crippen molar-refractivity contribution in [3.05, 3.63) is 33.9 Å². The van der Waals surface area contributed by atoms with Gasteiger partial charge in [-0.2, -0.15) is 0 Å². The lowest BCUT2D eigenvalue weighted by molar-refractivity contribution is -0.384. The number of hydrogen-bond acceptors (Lipinski definition) is 4. The van der Waals surface area contributed by atoms with Crippen LogP contribution in [-0.2, 0) is 0 Å². The molecule has 0 atom stereocenters. The molecular weight excluding hydrogens is 256 g/mol. The van der Waals surface area contributed by atoms with Crippen molar-refractivity contribution >= 4 is 17.2 Å². The van der Waals surface area contributed by atoms with E-state index in [9.17, 15) is 14.9 Å². The molecule has 106 valence electrons. The van der Waals surface area contributed by atoms with Gasteiger partial charge in [-0.25, -0.2) is 0 Å². The molecule has 1 fully saturated rings. The third-order valence-electron chi connectivity index (χ3n) is 4.40. The Morgan fingerprint density at radius 2 is 1.95 bits per heavy atom. The van der Waals surface area contributed by atoms with Crippen molar-refractivity contribution in [2.45, 2.75) is 44.6 Å². The smallest absolute Gasteiger partial charge is 0.270 e. The van der Waals surface area contributed by atoms with E-state index in [0.717, 1.165) is 25.1 Å². The highest BCUT2D eigenvalue weighted by Gasteiger charge is 2.30. The summed E-state index contributed by atoms with van der Waals surface area (Å²) in [5.41, 5.74) is 1.41. The number of ketones is 1. The number of carbonyl (C=O) groups excluding carboxylic acids is 1. The van der Waals surface area contributed by atoms with Crippen LogP contribution < -0.4 is 4.90 Å². The fourth-order valence-electron chi connectivity index (χ4n) is 3.36. The molecule has 5 nitrogen and oxygen atoms in total. The number of anilines is 1. The van der Waals surface area contributed by atoms with E-state index in [1.54, 1.807) is 6.07 Å². The fourth-order valence-corrected chi connectivity index (χ4v) is 3.36. The van der Waals surface area contributed by atoms with E-state index < -0.39 is 4.92 Å². The molecule has 2 aliphatic rings. The van der Waals surface area contributed by atoms with Crippen molar-refractivity contribution in [3.8, 4) is 0 Å². The number of fused-ring (bicyclic) bond motifs is 1. The predicted molar refractivity (Wildman–Crippen MR) is 76.3 cm³/mol. The summed E-state index contributed by atoms with van der Waals surface area (Å²) in [5.74, 6) is 0.0239. The first kappa shape index (κ1) is 13.1. The zero-order valence-corrected chi connectivity index (χ0v) is 11.4. The van der Waals surface area contributed by atoms with Crippen LogP contribution in [0.5, 0.6) is 0 Å². The molecule has 0 radical (unpaired) electrons. The number of hydrogen-bond donors (Lipinski definition) is 0. The summed E-state index contributed by atoms with van der Waals surface area (Å²) in [6, 6.07) is 5.18. The first-order valence-electron chi connectivity index (χ1n) is 7.25. The number of benzene rings is 1. The number of nitro benzene ring substituents is 1. The Morgan fingerprint density at radius 3 is 2.65 bits per heavy atom. The van der Waals surface area contributed by atoms with Crippen LogP contribution in [-0.4, -0.2) is 23.3 Å². The van der Waals surface area contributed by atoms with Crippen LogP contribution in [0.4, 0.5) is 11.4 Å². The maximum atomic E-state index is 12.0. The number of Topliss-reactive ketones (excluding diaryl/α,β-unsaturated/α-hetero) is 1. The van der Waals surface area contributed by atoms with Crippen molar-refractivity contribution in [3.63, 3.8) is 0 Å². The minimum Gasteiger partial charge on any atom is -0.367 e. The topological polar surface area (TPSA) is 63.5 Å². The van der Waals surface area contributed by atoms with E-state index in [0.29, 0.717) is 18.0 Å². The van der Waals surface area contributed by atoms with E-state index in [2.05, 4.69) is 4.90 Å². The van der Waals surface area contributed by atoms with E-state index in [1.165, 1.54) is 31.4 Å². The molecule has 1 heterocycles. The van der Waals surface area contributed by atoms with Gasteiger partial charge in [0.15, 0.2) is 5.78 Å². The van der Waals surface area contributed by atoms with E-state index in [-0.39, 0.29) is 11.5 Å². The molecule has 20 heavy (non-hydrogen) atoms. The molecule has 3 rings (SSSR count). The molecular formula is C15H18N2O3. The fraction of sp³-hybridized carbons (Fsp3) is 0.533. The molecule has 0 bridgehead atoms. The zero-order chi connectivity index (χ0) is 14.1. The van der Waals surface area contributed by atoms with Gasteiger partial charge in [0.25, 0.3) is 5.69 Å². The van der Waals surface area contributed by atoms with Crippen molar-refractivity contribution in [2.24, 2.45) is 0 Å². The van der Waals surface area contributed by atoms with Gasteiger partial charge in [-0.1, -0.05) is 19.3 Å². The second-order valence-electron chi connectivity index (χ2n) is 5.62. The Hall–Kier alpha value is -1.91. The Labute approximate surface area is 117 Å². The molecule has 0 N–H and O–H groups in total. The van der Waals surface area contributed by atoms with Crippen LogP contribution in [0.25, 0.3) is 0 Å². The Kier molecular flexibility index (Phi) is 3.42. The molecule has 1 aromatic carbocycles. The molecule has 0 aromatic heterocycles. The number of rotatable bonds is 2. The summed E-state index contributed by atoms with van der Waals surface area (Å²) in [4.78, 5) is 24.8. The molecule has 0 amide bonds. The van der Waals surface area contributed by atoms with Gasteiger partial charge < -0.3 is 4.90 Å². The normalized spacial score (nSPS) is 19.8. The average Bonchev–Trinajstić information content (AvgIpc) is 2.48. The molecule has 1 aliphatic heterocycles. The second-order valence-corrected chi connectivity index (χ2v) is 5.62. The van der Waals surface area contributed by atoms with Gasteiger partial charge in [0.1, 0.15) is 0 Å². The predicted octanol–water partition coefficient (Wildman–Crippen LogP) is 3.32. The van der Waals surface area contributed by atoms with Gasteiger partial charge in [-0.3, -0.25) is 14.9 Å². The summed E-state index contributed by atoms with van der Waals surface area (Å²) in [6.07, 6.45) is 6.53. The van der Waals surface area contributed by atoms with Gasteiger partial charge in [-0.15, -0.1) is 0 Å². The van der Waals surface area contributed by atoms with Crippen LogP contribution in [0.2, 0.25) is 0 Å². The van der Waals surface area contributed by atoms with E-state index >= 15 is 0 Å². The third-order valence-corrected chi connectivity index (χ3v) is 4.40. The number of nitrogens with zero attached hydrogens (tertiary/aromatic N) is 2. The molecule has 0 spiro atoms. The SMILES string of the molecule is O=C1CCN(C2CCCCC2)c2ccc([N+](=O)[O-])cc21. The van der Waals surface area contributed by atoms with Crippen molar-refractivity contribution in [1.82, 2.24) is 0 Å². The first-order chi connectivity index (χ1) is 9.66. The standard InChI is InChI=1S/C15H18N2O3/c18-15-8-9-16(11-4-2-1-3-5-11)14-7-6-12(17(19)20)10-13(14)15/h6-7,10-11H,1-5,8-9H2. The highest BCUT2D eigenvalue weighted by Crippen LogP contribution is 2.35. The summed E-state index contributed by atoms with van der Waals surface area (Å²) >= 11 is 0. The molecule has 5 heteroatoms. The summed E-state index contributed by atoms with van der Waals surface area (Å²) in [7, 11) is 0. The van der Waals surface area contributed by atoms with Gasteiger partial charge in [0, 0.05) is 42.4 Å². The Bertz CT molecular complexity index is 550. The van der Waals surface area contributed by atoms with Crippen LogP contribution >= 0.6 is 0 Å². The number of carbonyl (C=O) groups is 1. The monoisotopic (exact) mass is 274 g/mol. The van der Waals surface area contributed by atoms with Gasteiger partial charge >= 0.3 is 0 Å². The third kappa shape index (κ3) is 2.28. The largest absolute Gasteiger partial charge is 0.367 e. The van der Waals surface area contributed by atoms with Gasteiger partial charge in [0.2, 0.25) is 0 Å². The Balaban J connectivity index is 1.96. The van der Waals surface area contributed by atoms with Crippen LogP contribution in [0.3, 0.4) is 0 Å². The first-order valence-corrected chi connectivity index (χ1v) is 7.25. The molecule has 1 aromatic rings. The van der Waals surface area contributed by atoms with Crippen LogP contribution in [0.1, 0.15) is 48.9 Å². The van der Waals surface area contributed by atoms with Crippen molar-refractivity contribution in [2.75, 3.05) is 11.4 Å². The lowest BCUT2D eigenvalue weighted by Crippen LogP contribution is -2.41. The minimum atomic E-state index is -0.437. The van der Waals surface area contributed by atoms with Crippen LogP contribution in [0, 0.1) is 10.1 Å². The average molecular weight is 274 g/mol. The maximum absolute atomic E-state index is 12.0. The van der Waals surface area contributed by atoms with Gasteiger partial charge in [0.05, 0.1) is 4.92 Å². The molecule has 0 unspecified atom stereocenters. The molecule has 1 aliphatic carbocycles. The Morgan fingerprint density at radius 1 is 1.20 bits per heavy atom. The highest BCUT2D eigenvalue weighted by atomic mass is 16.6. The second kappa shape index (κ2) is 5.23.